The number of aryl methyl sites for hydroxylation is 1. The predicted molar refractivity (Wildman–Crippen MR) is 110 cm³/mol. The first-order valence-corrected chi connectivity index (χ1v) is 9.45. The van der Waals surface area contributed by atoms with Crippen LogP contribution >= 0.6 is 0 Å². The Morgan fingerprint density at radius 1 is 1.21 bits per heavy atom. The van der Waals surface area contributed by atoms with Crippen molar-refractivity contribution in [3.05, 3.63) is 71.5 Å². The molecule has 3 aromatic rings. The first kappa shape index (κ1) is 18.7. The van der Waals surface area contributed by atoms with E-state index in [9.17, 15) is 4.79 Å². The van der Waals surface area contributed by atoms with Crippen LogP contribution in [0.25, 0.3) is 5.82 Å². The molecule has 0 bridgehead atoms. The van der Waals surface area contributed by atoms with E-state index < -0.39 is 0 Å². The summed E-state index contributed by atoms with van der Waals surface area (Å²) in [5.74, 6) is 1.34. The third kappa shape index (κ3) is 3.57. The molecule has 7 nitrogen and oxygen atoms in total. The Morgan fingerprint density at radius 3 is 2.62 bits per heavy atom. The number of nitrogens with zero attached hydrogens (tertiary/aromatic N) is 4. The van der Waals surface area contributed by atoms with Crippen molar-refractivity contribution in [1.29, 1.82) is 5.26 Å². The van der Waals surface area contributed by atoms with Gasteiger partial charge in [0.2, 0.25) is 0 Å². The van der Waals surface area contributed by atoms with Crippen LogP contribution in [0.15, 0.2) is 54.9 Å². The molecule has 2 N–H and O–H groups in total. The predicted octanol–water partition coefficient (Wildman–Crippen LogP) is 3.76. The number of carbonyl (C=O) groups is 1. The van der Waals surface area contributed by atoms with Gasteiger partial charge in [-0.15, -0.1) is 5.10 Å². The van der Waals surface area contributed by atoms with Gasteiger partial charge in [0.25, 0.3) is 0 Å². The summed E-state index contributed by atoms with van der Waals surface area (Å²) >= 11 is 0. The van der Waals surface area contributed by atoms with Gasteiger partial charge in [0, 0.05) is 29.9 Å². The van der Waals surface area contributed by atoms with E-state index in [-0.39, 0.29) is 23.4 Å². The zero-order valence-electron chi connectivity index (χ0n) is 16.5. The highest BCUT2D eigenvalue weighted by molar-refractivity contribution is 5.89. The number of nitrogens with one attached hydrogen (secondary N) is 2. The maximum absolute atomic E-state index is 12.6. The van der Waals surface area contributed by atoms with E-state index in [1.165, 1.54) is 11.8 Å². The summed E-state index contributed by atoms with van der Waals surface area (Å²) in [5, 5.41) is 19.2. The number of anilines is 1. The standard InChI is InChI=1S/C22H22N6O/c1-14-13-28(17-10-9-15(11-23)12-24-17)27-20(14)26-21(29)25-19-18(22(19,2)3)16-7-5-4-6-8-16/h4-10,12-13,18-19H,1-3H3,(H2,25,26,27,29)/t18-,19-/m1/s1. The summed E-state index contributed by atoms with van der Waals surface area (Å²) in [6, 6.07) is 15.5. The van der Waals surface area contributed by atoms with E-state index in [2.05, 4.69) is 46.7 Å². The van der Waals surface area contributed by atoms with Gasteiger partial charge in [0.1, 0.15) is 6.07 Å². The Balaban J connectivity index is 1.44. The first-order valence-electron chi connectivity index (χ1n) is 9.45. The van der Waals surface area contributed by atoms with Crippen LogP contribution in [0, 0.1) is 23.7 Å². The van der Waals surface area contributed by atoms with Crippen LogP contribution in [0.4, 0.5) is 10.6 Å². The molecular weight excluding hydrogens is 364 g/mol. The molecule has 2 amide bonds. The fourth-order valence-electron chi connectivity index (χ4n) is 3.76. The summed E-state index contributed by atoms with van der Waals surface area (Å²) in [4.78, 5) is 16.8. The molecule has 7 heteroatoms. The van der Waals surface area contributed by atoms with Crippen molar-refractivity contribution in [3.8, 4) is 11.9 Å². The van der Waals surface area contributed by atoms with Gasteiger partial charge in [0.05, 0.1) is 5.56 Å². The smallest absolute Gasteiger partial charge is 0.320 e. The van der Waals surface area contributed by atoms with Gasteiger partial charge >= 0.3 is 6.03 Å². The molecule has 1 aliphatic carbocycles. The monoisotopic (exact) mass is 386 g/mol. The maximum atomic E-state index is 12.6. The van der Waals surface area contributed by atoms with E-state index in [1.54, 1.807) is 23.0 Å². The lowest BCUT2D eigenvalue weighted by atomic mass is 10.0. The van der Waals surface area contributed by atoms with Gasteiger partial charge < -0.3 is 5.32 Å². The average molecular weight is 386 g/mol. The number of carbonyl (C=O) groups excluding carboxylic acids is 1. The molecule has 0 radical (unpaired) electrons. The van der Waals surface area contributed by atoms with Gasteiger partial charge in [-0.05, 0) is 30.0 Å². The van der Waals surface area contributed by atoms with Crippen LogP contribution in [0.5, 0.6) is 0 Å². The van der Waals surface area contributed by atoms with Crippen LogP contribution in [-0.4, -0.2) is 26.8 Å². The molecule has 29 heavy (non-hydrogen) atoms. The molecule has 0 saturated heterocycles. The summed E-state index contributed by atoms with van der Waals surface area (Å²) in [6.07, 6.45) is 3.28. The molecule has 2 heterocycles. The lowest BCUT2D eigenvalue weighted by Crippen LogP contribution is -2.33. The number of nitriles is 1. The number of hydrogen-bond donors (Lipinski definition) is 2. The quantitative estimate of drug-likeness (QED) is 0.714. The highest BCUT2D eigenvalue weighted by Gasteiger charge is 2.59. The molecule has 0 spiro atoms. The molecule has 2 aromatic heterocycles. The average Bonchev–Trinajstić information content (AvgIpc) is 3.05. The van der Waals surface area contributed by atoms with Crippen molar-refractivity contribution in [1.82, 2.24) is 20.1 Å². The second-order valence-electron chi connectivity index (χ2n) is 7.91. The van der Waals surface area contributed by atoms with E-state index in [4.69, 9.17) is 5.26 Å². The van der Waals surface area contributed by atoms with Gasteiger partial charge in [-0.25, -0.2) is 14.5 Å². The summed E-state index contributed by atoms with van der Waals surface area (Å²) < 4.78 is 1.58. The van der Waals surface area contributed by atoms with Gasteiger partial charge in [-0.3, -0.25) is 5.32 Å². The van der Waals surface area contributed by atoms with Crippen LogP contribution in [0.3, 0.4) is 0 Å². The maximum Gasteiger partial charge on any atom is 0.320 e. The van der Waals surface area contributed by atoms with E-state index in [0.29, 0.717) is 17.2 Å². The summed E-state index contributed by atoms with van der Waals surface area (Å²) in [6.45, 7) is 6.19. The van der Waals surface area contributed by atoms with E-state index in [0.717, 1.165) is 5.56 Å². The summed E-state index contributed by atoms with van der Waals surface area (Å²) in [5.41, 5.74) is 2.53. The normalized spacial score (nSPS) is 19.2. The molecule has 0 aliphatic heterocycles. The van der Waals surface area contributed by atoms with Crippen LogP contribution in [-0.2, 0) is 0 Å². The molecule has 146 valence electrons. The van der Waals surface area contributed by atoms with Crippen molar-refractivity contribution in [2.45, 2.75) is 32.7 Å². The zero-order chi connectivity index (χ0) is 20.6. The summed E-state index contributed by atoms with van der Waals surface area (Å²) in [7, 11) is 0. The van der Waals surface area contributed by atoms with Gasteiger partial charge in [0.15, 0.2) is 11.6 Å². The number of amides is 2. The highest BCUT2D eigenvalue weighted by atomic mass is 16.2. The molecule has 2 atom stereocenters. The topological polar surface area (TPSA) is 95.6 Å². The first-order chi connectivity index (χ1) is 13.9. The molecule has 1 aliphatic rings. The van der Waals surface area contributed by atoms with Gasteiger partial charge in [-0.2, -0.15) is 5.26 Å². The van der Waals surface area contributed by atoms with Crippen LogP contribution < -0.4 is 10.6 Å². The number of aromatic nitrogens is 3. The van der Waals surface area contributed by atoms with Crippen molar-refractivity contribution < 1.29 is 4.79 Å². The minimum atomic E-state index is -0.275. The molecule has 4 rings (SSSR count). The van der Waals surface area contributed by atoms with Crippen molar-refractivity contribution in [2.24, 2.45) is 5.41 Å². The lowest BCUT2D eigenvalue weighted by Gasteiger charge is -2.07. The molecule has 1 saturated carbocycles. The Kier molecular flexibility index (Phi) is 4.55. The Bertz CT molecular complexity index is 1080. The van der Waals surface area contributed by atoms with Gasteiger partial charge in [-0.1, -0.05) is 44.2 Å². The SMILES string of the molecule is Cc1cn(-c2ccc(C#N)cn2)nc1NC(=O)N[C@@H]1[C@@H](c2ccccc2)C1(C)C. The number of rotatable bonds is 4. The number of hydrogen-bond acceptors (Lipinski definition) is 4. The number of benzene rings is 1. The Hall–Kier alpha value is -3.66. The second-order valence-corrected chi connectivity index (χ2v) is 7.91. The number of urea groups is 1. The minimum absolute atomic E-state index is 0.000490. The lowest BCUT2D eigenvalue weighted by molar-refractivity contribution is 0.250. The largest absolute Gasteiger partial charge is 0.334 e. The Labute approximate surface area is 169 Å². The van der Waals surface area contributed by atoms with Crippen LogP contribution in [0.1, 0.15) is 36.5 Å². The van der Waals surface area contributed by atoms with Crippen molar-refractivity contribution >= 4 is 11.8 Å². The molecule has 1 aromatic carbocycles. The molecule has 1 fully saturated rings. The van der Waals surface area contributed by atoms with Crippen molar-refractivity contribution in [2.75, 3.05) is 5.32 Å². The third-order valence-electron chi connectivity index (χ3n) is 5.51. The van der Waals surface area contributed by atoms with E-state index in [1.807, 2.05) is 31.2 Å². The second kappa shape index (κ2) is 7.06. The van der Waals surface area contributed by atoms with Crippen LogP contribution in [0.2, 0.25) is 0 Å². The minimum Gasteiger partial charge on any atom is -0.334 e. The Morgan fingerprint density at radius 2 is 1.97 bits per heavy atom. The molecular formula is C22H22N6O. The highest BCUT2D eigenvalue weighted by Crippen LogP contribution is 2.58. The fourth-order valence-corrected chi connectivity index (χ4v) is 3.76. The van der Waals surface area contributed by atoms with E-state index >= 15 is 0 Å². The van der Waals surface area contributed by atoms with Crippen molar-refractivity contribution in [3.63, 3.8) is 0 Å². The zero-order valence-corrected chi connectivity index (χ0v) is 16.5. The third-order valence-corrected chi connectivity index (χ3v) is 5.51. The number of pyridine rings is 1. The fraction of sp³-hybridized carbons (Fsp3) is 0.273. The molecule has 0 unspecified atom stereocenters.